The number of ether oxygens (including phenoxy) is 1. The van der Waals surface area contributed by atoms with E-state index >= 15 is 0 Å². The first-order chi connectivity index (χ1) is 15.8. The van der Waals surface area contributed by atoms with Crippen LogP contribution in [0.2, 0.25) is 0 Å². The first-order valence-corrected chi connectivity index (χ1v) is 12.9. The molecule has 4 rings (SSSR count). The second-order valence-corrected chi connectivity index (χ2v) is 10.3. The zero-order valence-electron chi connectivity index (χ0n) is 18.0. The molecule has 4 aromatic rings. The molecule has 0 N–H and O–H groups in total. The van der Waals surface area contributed by atoms with Crippen LogP contribution in [0.3, 0.4) is 0 Å². The molecule has 0 spiro atoms. The minimum Gasteiger partial charge on any atom is -0.484 e. The van der Waals surface area contributed by atoms with Gasteiger partial charge in [0, 0.05) is 23.7 Å². The number of hydrogen-bond acceptors (Lipinski definition) is 6. The fourth-order valence-corrected chi connectivity index (χ4v) is 4.78. The molecule has 33 heavy (non-hydrogen) atoms. The molecule has 0 radical (unpaired) electrons. The highest BCUT2D eigenvalue weighted by atomic mass is 32.2. The lowest BCUT2D eigenvalue weighted by Gasteiger charge is -2.18. The summed E-state index contributed by atoms with van der Waals surface area (Å²) in [7, 11) is -3.27. The maximum absolute atomic E-state index is 12.9. The van der Waals surface area contributed by atoms with E-state index in [1.807, 2.05) is 47.8 Å². The number of rotatable bonds is 8. The first kappa shape index (κ1) is 22.7. The van der Waals surface area contributed by atoms with Crippen molar-refractivity contribution in [3.8, 4) is 17.0 Å². The standard InChI is InChI=1S/C25H22N2O4S2/c1-3-14-27(24(28)16-31-21-11-8-18-6-4-5-7-20(18)15-21)25-26-23(17-32-25)19-9-12-22(13-10-19)33(2,29)30/h3-13,15,17H,1,14,16H2,2H3. The van der Waals surface area contributed by atoms with Crippen LogP contribution in [0.15, 0.2) is 89.7 Å². The molecule has 168 valence electrons. The SMILES string of the molecule is C=CCN(C(=O)COc1ccc2ccccc2c1)c1nc(-c2ccc(S(C)(=O)=O)cc2)cs1. The summed E-state index contributed by atoms with van der Waals surface area (Å²) in [5.74, 6) is 0.378. The van der Waals surface area contributed by atoms with Gasteiger partial charge in [-0.15, -0.1) is 17.9 Å². The molecular formula is C25H22N2O4S2. The molecular weight excluding hydrogens is 456 g/mol. The Bertz CT molecular complexity index is 1410. The smallest absolute Gasteiger partial charge is 0.266 e. The molecule has 0 aliphatic rings. The van der Waals surface area contributed by atoms with E-state index in [1.54, 1.807) is 30.3 Å². The van der Waals surface area contributed by atoms with Crippen LogP contribution in [-0.4, -0.2) is 38.7 Å². The zero-order valence-corrected chi connectivity index (χ0v) is 19.6. The number of thiazole rings is 1. The second kappa shape index (κ2) is 9.56. The molecule has 0 unspecified atom stereocenters. The summed E-state index contributed by atoms with van der Waals surface area (Å²) < 4.78 is 29.1. The van der Waals surface area contributed by atoms with Crippen molar-refractivity contribution in [3.05, 3.63) is 84.8 Å². The van der Waals surface area contributed by atoms with Crippen LogP contribution < -0.4 is 9.64 Å². The summed E-state index contributed by atoms with van der Waals surface area (Å²) in [4.78, 5) is 19.3. The van der Waals surface area contributed by atoms with Crippen LogP contribution in [0, 0.1) is 0 Å². The number of sulfone groups is 1. The lowest BCUT2D eigenvalue weighted by Crippen LogP contribution is -2.35. The average molecular weight is 479 g/mol. The highest BCUT2D eigenvalue weighted by molar-refractivity contribution is 7.90. The molecule has 0 atom stereocenters. The summed E-state index contributed by atoms with van der Waals surface area (Å²) in [5.41, 5.74) is 1.43. The lowest BCUT2D eigenvalue weighted by molar-refractivity contribution is -0.120. The predicted molar refractivity (Wildman–Crippen MR) is 133 cm³/mol. The fourth-order valence-electron chi connectivity index (χ4n) is 3.29. The Labute approximate surface area is 196 Å². The molecule has 0 fully saturated rings. The molecule has 1 heterocycles. The minimum absolute atomic E-state index is 0.135. The van der Waals surface area contributed by atoms with Crippen molar-refractivity contribution in [2.75, 3.05) is 24.3 Å². The van der Waals surface area contributed by atoms with Gasteiger partial charge in [0.15, 0.2) is 21.6 Å². The molecule has 0 bridgehead atoms. The Balaban J connectivity index is 1.49. The van der Waals surface area contributed by atoms with Gasteiger partial charge in [-0.2, -0.15) is 0 Å². The second-order valence-electron chi connectivity index (χ2n) is 7.40. The summed E-state index contributed by atoms with van der Waals surface area (Å²) in [6, 6.07) is 20.2. The third-order valence-electron chi connectivity index (χ3n) is 5.00. The zero-order chi connectivity index (χ0) is 23.4. The molecule has 0 aliphatic heterocycles. The number of anilines is 1. The topological polar surface area (TPSA) is 76.6 Å². The van der Waals surface area contributed by atoms with Crippen molar-refractivity contribution in [1.29, 1.82) is 0 Å². The molecule has 8 heteroatoms. The van der Waals surface area contributed by atoms with Crippen LogP contribution in [0.4, 0.5) is 5.13 Å². The molecule has 1 aromatic heterocycles. The van der Waals surface area contributed by atoms with Crippen molar-refractivity contribution < 1.29 is 17.9 Å². The van der Waals surface area contributed by atoms with Gasteiger partial charge in [-0.3, -0.25) is 9.69 Å². The summed E-state index contributed by atoms with van der Waals surface area (Å²) >= 11 is 1.33. The maximum atomic E-state index is 12.9. The fraction of sp³-hybridized carbons (Fsp3) is 0.120. The number of nitrogens with zero attached hydrogens (tertiary/aromatic N) is 2. The molecule has 0 aliphatic carbocycles. The van der Waals surface area contributed by atoms with E-state index < -0.39 is 9.84 Å². The monoisotopic (exact) mass is 478 g/mol. The van der Waals surface area contributed by atoms with Crippen molar-refractivity contribution in [1.82, 2.24) is 4.98 Å². The Morgan fingerprint density at radius 3 is 2.52 bits per heavy atom. The van der Waals surface area contributed by atoms with Gasteiger partial charge in [-0.1, -0.05) is 48.5 Å². The van der Waals surface area contributed by atoms with Gasteiger partial charge in [-0.25, -0.2) is 13.4 Å². The molecule has 0 saturated heterocycles. The normalized spacial score (nSPS) is 11.3. The number of aromatic nitrogens is 1. The summed E-state index contributed by atoms with van der Waals surface area (Å²) in [6.45, 7) is 3.90. The van der Waals surface area contributed by atoms with Crippen LogP contribution in [-0.2, 0) is 14.6 Å². The Morgan fingerprint density at radius 2 is 1.82 bits per heavy atom. The maximum Gasteiger partial charge on any atom is 0.266 e. The Hall–Kier alpha value is -3.49. The summed E-state index contributed by atoms with van der Waals surface area (Å²) in [6.07, 6.45) is 2.80. The number of carbonyl (C=O) groups is 1. The van der Waals surface area contributed by atoms with Crippen LogP contribution >= 0.6 is 11.3 Å². The van der Waals surface area contributed by atoms with E-state index in [-0.39, 0.29) is 17.4 Å². The average Bonchev–Trinajstić information content (AvgIpc) is 3.30. The Morgan fingerprint density at radius 1 is 1.09 bits per heavy atom. The number of amides is 1. The highest BCUT2D eigenvalue weighted by Crippen LogP contribution is 2.29. The lowest BCUT2D eigenvalue weighted by atomic mass is 10.1. The molecule has 1 amide bonds. The quantitative estimate of drug-likeness (QED) is 0.334. The van der Waals surface area contributed by atoms with E-state index in [2.05, 4.69) is 11.6 Å². The van der Waals surface area contributed by atoms with Gasteiger partial charge in [0.25, 0.3) is 5.91 Å². The number of hydrogen-bond donors (Lipinski definition) is 0. The third-order valence-corrected chi connectivity index (χ3v) is 6.99. The van der Waals surface area contributed by atoms with Gasteiger partial charge in [-0.05, 0) is 35.0 Å². The minimum atomic E-state index is -3.27. The molecule has 3 aromatic carbocycles. The van der Waals surface area contributed by atoms with E-state index in [0.29, 0.717) is 23.1 Å². The van der Waals surface area contributed by atoms with Gasteiger partial charge in [0.2, 0.25) is 0 Å². The number of benzene rings is 3. The van der Waals surface area contributed by atoms with Gasteiger partial charge < -0.3 is 4.74 Å². The largest absolute Gasteiger partial charge is 0.484 e. The van der Waals surface area contributed by atoms with Crippen molar-refractivity contribution in [2.24, 2.45) is 0 Å². The first-order valence-electron chi connectivity index (χ1n) is 10.1. The highest BCUT2D eigenvalue weighted by Gasteiger charge is 2.19. The number of carbonyl (C=O) groups excluding carboxylic acids is 1. The van der Waals surface area contributed by atoms with E-state index in [9.17, 15) is 13.2 Å². The van der Waals surface area contributed by atoms with Gasteiger partial charge >= 0.3 is 0 Å². The van der Waals surface area contributed by atoms with Crippen LogP contribution in [0.25, 0.3) is 22.0 Å². The van der Waals surface area contributed by atoms with Gasteiger partial charge in [0.1, 0.15) is 5.75 Å². The molecule has 0 saturated carbocycles. The predicted octanol–water partition coefficient (Wildman–Crippen LogP) is 4.96. The number of fused-ring (bicyclic) bond motifs is 1. The van der Waals surface area contributed by atoms with E-state index in [0.717, 1.165) is 16.3 Å². The Kier molecular flexibility index (Phi) is 6.57. The van der Waals surface area contributed by atoms with E-state index in [4.69, 9.17) is 4.74 Å². The van der Waals surface area contributed by atoms with Gasteiger partial charge in [0.05, 0.1) is 10.6 Å². The van der Waals surface area contributed by atoms with Crippen molar-refractivity contribution >= 4 is 43.0 Å². The van der Waals surface area contributed by atoms with Crippen LogP contribution in [0.1, 0.15) is 0 Å². The summed E-state index contributed by atoms with van der Waals surface area (Å²) in [5, 5.41) is 4.49. The third kappa shape index (κ3) is 5.30. The van der Waals surface area contributed by atoms with Crippen LogP contribution in [0.5, 0.6) is 5.75 Å². The van der Waals surface area contributed by atoms with Crippen molar-refractivity contribution in [3.63, 3.8) is 0 Å². The van der Waals surface area contributed by atoms with Crippen molar-refractivity contribution in [2.45, 2.75) is 4.90 Å². The van der Waals surface area contributed by atoms with E-state index in [1.165, 1.54) is 22.5 Å². The molecule has 6 nitrogen and oxygen atoms in total.